The Morgan fingerprint density at radius 1 is 1.21 bits per heavy atom. The highest BCUT2D eigenvalue weighted by molar-refractivity contribution is 8.82. The van der Waals surface area contributed by atoms with Gasteiger partial charge in [-0.05, 0) is 33.7 Å². The Bertz CT molecular complexity index is 382. The van der Waals surface area contributed by atoms with Crippen molar-refractivity contribution in [1.29, 1.82) is 0 Å². The van der Waals surface area contributed by atoms with E-state index in [2.05, 4.69) is 16.1 Å². The second-order valence-electron chi connectivity index (χ2n) is 2.43. The average Bonchev–Trinajstić information content (AvgIpc) is 2.29. The van der Waals surface area contributed by atoms with E-state index in [-0.39, 0.29) is 0 Å². The van der Waals surface area contributed by atoms with Crippen molar-refractivity contribution in [2.75, 3.05) is 0 Å². The minimum atomic E-state index is 0.972. The second-order valence-corrected chi connectivity index (χ2v) is 4.60. The van der Waals surface area contributed by atoms with Crippen molar-refractivity contribution < 1.29 is 0 Å². The van der Waals surface area contributed by atoms with Crippen molar-refractivity contribution >= 4 is 26.6 Å². The maximum atomic E-state index is 4.20. The van der Waals surface area contributed by atoms with Gasteiger partial charge in [0, 0.05) is 6.20 Å². The summed E-state index contributed by atoms with van der Waals surface area (Å²) in [6, 6.07) is 5.86. The van der Waals surface area contributed by atoms with Crippen LogP contribution in [-0.2, 0) is 0 Å². The Hall–Kier alpha value is -1.09. The molecule has 14 heavy (non-hydrogen) atoms. The molecule has 1 aliphatic rings. The van der Waals surface area contributed by atoms with E-state index in [9.17, 15) is 0 Å². The van der Waals surface area contributed by atoms with Crippen LogP contribution in [0.3, 0.4) is 0 Å². The van der Waals surface area contributed by atoms with Crippen LogP contribution in [0.15, 0.2) is 52.8 Å². The first-order valence-corrected chi connectivity index (χ1v) is 6.18. The molecule has 0 aliphatic carbocycles. The first-order chi connectivity index (χ1) is 6.95. The van der Waals surface area contributed by atoms with Crippen LogP contribution in [-0.4, -0.2) is 10.0 Å². The van der Waals surface area contributed by atoms with Crippen molar-refractivity contribution in [2.24, 2.45) is 4.99 Å². The third-order valence-corrected chi connectivity index (χ3v) is 3.62. The van der Waals surface area contributed by atoms with Crippen LogP contribution in [0.2, 0.25) is 0 Å². The molecule has 1 aromatic rings. The zero-order valence-electron chi connectivity index (χ0n) is 7.25. The molecule has 0 saturated heterocycles. The normalized spacial score (nSPS) is 13.6. The monoisotopic (exact) mass is 219 g/mol. The largest absolute Gasteiger partial charge is 0.249 e. The topological polar surface area (TPSA) is 25.2 Å². The molecule has 0 N–H and O–H groups in total. The predicted octanol–water partition coefficient (Wildman–Crippen LogP) is 3.11. The van der Waals surface area contributed by atoms with Crippen molar-refractivity contribution in [2.45, 2.75) is 5.03 Å². The van der Waals surface area contributed by atoms with Crippen LogP contribution < -0.4 is 0 Å². The number of pyridine rings is 1. The van der Waals surface area contributed by atoms with Crippen LogP contribution >= 0.6 is 21.6 Å². The first kappa shape index (κ1) is 9.46. The quantitative estimate of drug-likeness (QED) is 0.564. The van der Waals surface area contributed by atoms with Crippen LogP contribution in [0, 0.1) is 6.08 Å². The third kappa shape index (κ3) is 2.70. The number of hydrogen-bond donors (Lipinski definition) is 0. The molecule has 2 heterocycles. The van der Waals surface area contributed by atoms with Gasteiger partial charge in [0.2, 0.25) is 0 Å². The van der Waals surface area contributed by atoms with Gasteiger partial charge in [0.25, 0.3) is 0 Å². The summed E-state index contributed by atoms with van der Waals surface area (Å²) in [6.45, 7) is 0. The zero-order chi connectivity index (χ0) is 9.64. The summed E-state index contributed by atoms with van der Waals surface area (Å²) in [7, 11) is 3.20. The molecule has 0 unspecified atom stereocenters. The molecule has 1 aliphatic heterocycles. The third-order valence-electron chi connectivity index (χ3n) is 1.44. The fourth-order valence-electron chi connectivity index (χ4n) is 0.837. The molecular formula is C10H7N2S2+. The summed E-state index contributed by atoms with van der Waals surface area (Å²) in [5.74, 6) is 0. The smallest absolute Gasteiger partial charge is 0.194 e. The second kappa shape index (κ2) is 4.96. The van der Waals surface area contributed by atoms with E-state index in [1.165, 1.54) is 0 Å². The number of hydrogen-bond acceptors (Lipinski definition) is 4. The van der Waals surface area contributed by atoms with Crippen LogP contribution in [0.25, 0.3) is 0 Å². The van der Waals surface area contributed by atoms with E-state index in [1.807, 2.05) is 30.4 Å². The van der Waals surface area contributed by atoms with Gasteiger partial charge in [-0.25, -0.2) is 4.98 Å². The lowest BCUT2D eigenvalue weighted by atomic mass is 10.4. The Kier molecular flexibility index (Phi) is 3.35. The number of aliphatic imine (C=N–C) groups is 1. The van der Waals surface area contributed by atoms with Crippen molar-refractivity contribution in [3.8, 4) is 0 Å². The molecule has 0 saturated carbocycles. The van der Waals surface area contributed by atoms with Gasteiger partial charge in [-0.1, -0.05) is 6.07 Å². The van der Waals surface area contributed by atoms with E-state index >= 15 is 0 Å². The van der Waals surface area contributed by atoms with E-state index in [0.29, 0.717) is 0 Å². The molecule has 2 nitrogen and oxygen atoms in total. The fraction of sp³-hybridized carbons (Fsp3) is 0. The highest BCUT2D eigenvalue weighted by atomic mass is 33.1. The average molecular weight is 219 g/mol. The summed E-state index contributed by atoms with van der Waals surface area (Å²) < 4.78 is 0. The Morgan fingerprint density at radius 3 is 2.93 bits per heavy atom. The molecule has 0 atom stereocenters. The van der Waals surface area contributed by atoms with Crippen molar-refractivity contribution in [3.05, 3.63) is 48.8 Å². The molecule has 1 aromatic heterocycles. The highest BCUT2D eigenvalue weighted by Gasteiger charge is 2.05. The van der Waals surface area contributed by atoms with Gasteiger partial charge in [0.15, 0.2) is 17.3 Å². The number of aromatic nitrogens is 1. The molecule has 0 aromatic carbocycles. The molecule has 68 valence electrons. The minimum Gasteiger partial charge on any atom is -0.249 e. The van der Waals surface area contributed by atoms with Crippen molar-refractivity contribution in [1.82, 2.24) is 4.98 Å². The van der Waals surface area contributed by atoms with Gasteiger partial charge < -0.3 is 0 Å². The van der Waals surface area contributed by atoms with Gasteiger partial charge in [-0.15, -0.1) is 0 Å². The molecule has 2 rings (SSSR count). The zero-order valence-corrected chi connectivity index (χ0v) is 8.89. The van der Waals surface area contributed by atoms with Crippen LogP contribution in [0.4, 0.5) is 0 Å². The highest BCUT2D eigenvalue weighted by Crippen LogP contribution is 2.31. The van der Waals surface area contributed by atoms with Crippen molar-refractivity contribution in [3.63, 3.8) is 0 Å². The molecule has 0 bridgehead atoms. The molecular weight excluding hydrogens is 212 g/mol. The standard InChI is InChI=1S/C10H7N2S2/c1-3-7-11-9(5-1)13-14-10-6-2-4-8-12-10/h1-3,5-8H/q+1. The molecule has 0 radical (unpaired) electrons. The lowest BCUT2D eigenvalue weighted by Crippen LogP contribution is -1.85. The number of allylic oxidation sites excluding steroid dienone is 2. The fourth-order valence-corrected chi connectivity index (χ4v) is 2.57. The lowest BCUT2D eigenvalue weighted by molar-refractivity contribution is 1.14. The van der Waals surface area contributed by atoms with Gasteiger partial charge in [-0.2, -0.15) is 4.99 Å². The Balaban J connectivity index is 1.92. The number of nitrogens with zero attached hydrogens (tertiary/aromatic N) is 2. The molecule has 0 spiro atoms. The summed E-state index contributed by atoms with van der Waals surface area (Å²) in [5.41, 5.74) is 0. The van der Waals surface area contributed by atoms with Crippen LogP contribution in [0.1, 0.15) is 0 Å². The number of rotatable bonds is 2. The van der Waals surface area contributed by atoms with Gasteiger partial charge in [0.05, 0.1) is 0 Å². The maximum Gasteiger partial charge on any atom is 0.194 e. The van der Waals surface area contributed by atoms with Gasteiger partial charge in [-0.3, -0.25) is 0 Å². The summed E-state index contributed by atoms with van der Waals surface area (Å²) in [5, 5.41) is 1.96. The maximum absolute atomic E-state index is 4.20. The van der Waals surface area contributed by atoms with E-state index < -0.39 is 0 Å². The first-order valence-electron chi connectivity index (χ1n) is 4.03. The summed E-state index contributed by atoms with van der Waals surface area (Å²) >= 11 is 0. The Labute approximate surface area is 90.6 Å². The predicted molar refractivity (Wildman–Crippen MR) is 62.1 cm³/mol. The lowest BCUT2D eigenvalue weighted by Gasteiger charge is -1.96. The summed E-state index contributed by atoms with van der Waals surface area (Å²) in [4.78, 5) is 8.35. The molecule has 0 fully saturated rings. The summed E-state index contributed by atoms with van der Waals surface area (Å²) in [6.07, 6.45) is 10.1. The molecule has 4 heteroatoms. The van der Waals surface area contributed by atoms with E-state index in [4.69, 9.17) is 0 Å². The van der Waals surface area contributed by atoms with Gasteiger partial charge >= 0.3 is 0 Å². The SMILES string of the molecule is [C+]1=CN=C(SSc2ccccn2)C=C1. The van der Waals surface area contributed by atoms with Gasteiger partial charge in [0.1, 0.15) is 17.2 Å². The van der Waals surface area contributed by atoms with Crippen LogP contribution in [0.5, 0.6) is 0 Å². The Morgan fingerprint density at radius 2 is 2.21 bits per heavy atom. The minimum absolute atomic E-state index is 0.972. The van der Waals surface area contributed by atoms with E-state index in [1.54, 1.807) is 34.0 Å². The molecule has 0 amide bonds. The van der Waals surface area contributed by atoms with E-state index in [0.717, 1.165) is 10.1 Å².